The van der Waals surface area contributed by atoms with Crippen LogP contribution in [-0.4, -0.2) is 21.1 Å². The van der Waals surface area contributed by atoms with Gasteiger partial charge < -0.3 is 4.98 Å². The molecule has 0 saturated heterocycles. The Morgan fingerprint density at radius 3 is 2.59 bits per heavy atom. The van der Waals surface area contributed by atoms with Crippen molar-refractivity contribution in [3.63, 3.8) is 0 Å². The zero-order chi connectivity index (χ0) is 23.0. The van der Waals surface area contributed by atoms with Crippen LogP contribution in [0, 0.1) is 12.3 Å². The number of nitrogens with one attached hydrogen (secondary N) is 1. The van der Waals surface area contributed by atoms with Crippen LogP contribution in [0.4, 0.5) is 0 Å². The van der Waals surface area contributed by atoms with Crippen molar-refractivity contribution in [2.75, 3.05) is 0 Å². The number of aromatic nitrogens is 2. The molecule has 1 N–H and O–H groups in total. The third-order valence-corrected chi connectivity index (χ3v) is 7.01. The second-order valence-corrected chi connectivity index (χ2v) is 10.6. The predicted octanol–water partition coefficient (Wildman–Crippen LogP) is 3.87. The van der Waals surface area contributed by atoms with Gasteiger partial charge in [0.05, 0.1) is 11.1 Å². The van der Waals surface area contributed by atoms with Crippen molar-refractivity contribution < 1.29 is 9.59 Å². The minimum absolute atomic E-state index is 0.0923. The Morgan fingerprint density at radius 2 is 1.91 bits per heavy atom. The molecular weight excluding hydrogens is 440 g/mol. The number of benzene rings is 1. The summed E-state index contributed by atoms with van der Waals surface area (Å²) in [7, 11) is 0. The summed E-state index contributed by atoms with van der Waals surface area (Å²) in [5.41, 5.74) is 2.30. The number of carbonyl (C=O) groups is 2. The highest BCUT2D eigenvalue weighted by Crippen LogP contribution is 2.22. The first-order chi connectivity index (χ1) is 15.1. The highest BCUT2D eigenvalue weighted by atomic mass is 32.1. The highest BCUT2D eigenvalue weighted by molar-refractivity contribution is 7.08. The van der Waals surface area contributed by atoms with Crippen LogP contribution >= 0.6 is 22.7 Å². The SMILES string of the molecule is Cc1[nH]c2ccccc2c1C(=O)Cn1c(=O)/c(=C\c2ccsc2)s/c1=C\C(=O)C(C)(C)C. The molecule has 4 rings (SSSR count). The van der Waals surface area contributed by atoms with E-state index >= 15 is 0 Å². The normalized spacial score (nSPS) is 13.2. The largest absolute Gasteiger partial charge is 0.358 e. The van der Waals surface area contributed by atoms with Gasteiger partial charge in [0.15, 0.2) is 11.6 Å². The lowest BCUT2D eigenvalue weighted by atomic mass is 9.91. The molecule has 164 valence electrons. The second kappa shape index (κ2) is 8.48. The number of aryl methyl sites for hydroxylation is 1. The number of carbonyl (C=O) groups excluding carboxylic acids is 2. The van der Waals surface area contributed by atoms with Crippen molar-refractivity contribution in [1.82, 2.24) is 9.55 Å². The maximum Gasteiger partial charge on any atom is 0.269 e. The quantitative estimate of drug-likeness (QED) is 0.456. The number of Topliss-reactive ketones (excluding diaryl/α,β-unsaturated/α-hetero) is 2. The molecule has 0 aliphatic carbocycles. The number of rotatable bonds is 5. The van der Waals surface area contributed by atoms with E-state index in [0.29, 0.717) is 14.8 Å². The summed E-state index contributed by atoms with van der Waals surface area (Å²) in [4.78, 5) is 42.5. The lowest BCUT2D eigenvalue weighted by Gasteiger charge is -2.12. The fraction of sp³-hybridized carbons (Fsp3) is 0.240. The minimum atomic E-state index is -0.584. The number of H-pyrrole nitrogens is 1. The van der Waals surface area contributed by atoms with E-state index in [9.17, 15) is 14.4 Å². The van der Waals surface area contributed by atoms with Crippen LogP contribution in [0.15, 0.2) is 45.9 Å². The molecular formula is C25H24N2O3S2. The van der Waals surface area contributed by atoms with Gasteiger partial charge in [-0.3, -0.25) is 19.0 Å². The Labute approximate surface area is 193 Å². The van der Waals surface area contributed by atoms with Crippen LogP contribution in [0.3, 0.4) is 0 Å². The summed E-state index contributed by atoms with van der Waals surface area (Å²) >= 11 is 2.79. The molecule has 0 amide bonds. The van der Waals surface area contributed by atoms with Crippen molar-refractivity contribution in [2.24, 2.45) is 5.41 Å². The Bertz CT molecular complexity index is 1490. The molecule has 4 aromatic rings. The molecule has 5 nitrogen and oxygen atoms in total. The number of thiophene rings is 1. The van der Waals surface area contributed by atoms with E-state index in [1.807, 2.05) is 68.8 Å². The van der Waals surface area contributed by atoms with Gasteiger partial charge in [-0.25, -0.2) is 0 Å². The number of aromatic amines is 1. The minimum Gasteiger partial charge on any atom is -0.358 e. The van der Waals surface area contributed by atoms with Gasteiger partial charge in [-0.2, -0.15) is 11.3 Å². The average molecular weight is 465 g/mol. The molecule has 3 heterocycles. The van der Waals surface area contributed by atoms with Crippen LogP contribution in [0.5, 0.6) is 0 Å². The predicted molar refractivity (Wildman–Crippen MR) is 132 cm³/mol. The zero-order valence-electron chi connectivity index (χ0n) is 18.4. The number of nitrogens with zero attached hydrogens (tertiary/aromatic N) is 1. The summed E-state index contributed by atoms with van der Waals surface area (Å²) in [6, 6.07) is 9.55. The first-order valence-corrected chi connectivity index (χ1v) is 12.0. The van der Waals surface area contributed by atoms with Gasteiger partial charge in [0.1, 0.15) is 4.66 Å². The number of hydrogen-bond acceptors (Lipinski definition) is 5. The van der Waals surface area contributed by atoms with Gasteiger partial charge in [0.2, 0.25) is 0 Å². The fourth-order valence-corrected chi connectivity index (χ4v) is 5.15. The summed E-state index contributed by atoms with van der Waals surface area (Å²) in [5, 5.41) is 4.73. The van der Waals surface area contributed by atoms with Crippen LogP contribution in [0.25, 0.3) is 23.1 Å². The van der Waals surface area contributed by atoms with Crippen molar-refractivity contribution in [3.05, 3.63) is 77.5 Å². The molecule has 0 aliphatic heterocycles. The molecule has 1 aromatic carbocycles. The van der Waals surface area contributed by atoms with Gasteiger partial charge in [-0.1, -0.05) is 39.0 Å². The van der Waals surface area contributed by atoms with E-state index in [1.54, 1.807) is 17.4 Å². The zero-order valence-corrected chi connectivity index (χ0v) is 20.0. The third kappa shape index (κ3) is 4.31. The van der Waals surface area contributed by atoms with E-state index in [-0.39, 0.29) is 23.7 Å². The molecule has 0 aliphatic rings. The van der Waals surface area contributed by atoms with Crippen LogP contribution < -0.4 is 14.8 Å². The maximum absolute atomic E-state index is 13.3. The molecule has 3 aromatic heterocycles. The molecule has 32 heavy (non-hydrogen) atoms. The van der Waals surface area contributed by atoms with Crippen LogP contribution in [0.2, 0.25) is 0 Å². The van der Waals surface area contributed by atoms with E-state index in [0.717, 1.165) is 22.2 Å². The summed E-state index contributed by atoms with van der Waals surface area (Å²) < 4.78 is 2.41. The van der Waals surface area contributed by atoms with Crippen LogP contribution in [-0.2, 0) is 11.3 Å². The number of thiazole rings is 1. The van der Waals surface area contributed by atoms with Crippen molar-refractivity contribution in [2.45, 2.75) is 34.2 Å². The lowest BCUT2D eigenvalue weighted by molar-refractivity contribution is -0.120. The summed E-state index contributed by atoms with van der Waals surface area (Å²) in [6.07, 6.45) is 3.30. The smallest absolute Gasteiger partial charge is 0.269 e. The van der Waals surface area contributed by atoms with Crippen molar-refractivity contribution in [1.29, 1.82) is 0 Å². The fourth-order valence-electron chi connectivity index (χ4n) is 3.49. The summed E-state index contributed by atoms with van der Waals surface area (Å²) in [5.74, 6) is -0.259. The molecule has 0 unspecified atom stereocenters. The third-order valence-electron chi connectivity index (χ3n) is 5.25. The second-order valence-electron chi connectivity index (χ2n) is 8.75. The number of fused-ring (bicyclic) bond motifs is 1. The standard InChI is InChI=1S/C25H24N2O3S2/c1-15-23(17-7-5-6-8-18(17)26-15)19(28)13-27-22(12-21(29)25(2,3)4)32-20(24(27)30)11-16-9-10-31-14-16/h5-12,14,26H,13H2,1-4H3/b20-11+,22-12-. The molecule has 0 bridgehead atoms. The van der Waals surface area contributed by atoms with Gasteiger partial charge in [-0.15, -0.1) is 11.3 Å². The molecule has 0 atom stereocenters. The molecule has 0 spiro atoms. The number of para-hydroxylation sites is 1. The number of hydrogen-bond donors (Lipinski definition) is 1. The van der Waals surface area contributed by atoms with E-state index in [2.05, 4.69) is 4.98 Å². The molecule has 7 heteroatoms. The molecule has 0 radical (unpaired) electrons. The van der Waals surface area contributed by atoms with E-state index in [1.165, 1.54) is 22.0 Å². The van der Waals surface area contributed by atoms with Crippen molar-refractivity contribution >= 4 is 57.3 Å². The lowest BCUT2D eigenvalue weighted by Crippen LogP contribution is -2.35. The Kier molecular flexibility index (Phi) is 5.88. The average Bonchev–Trinajstić information content (AvgIpc) is 3.42. The highest BCUT2D eigenvalue weighted by Gasteiger charge is 2.21. The molecule has 0 fully saturated rings. The summed E-state index contributed by atoms with van der Waals surface area (Å²) in [6.45, 7) is 7.23. The number of ketones is 2. The van der Waals surface area contributed by atoms with Crippen molar-refractivity contribution in [3.8, 4) is 0 Å². The molecule has 0 saturated carbocycles. The Balaban J connectivity index is 1.85. The first-order valence-electron chi connectivity index (χ1n) is 10.3. The van der Waals surface area contributed by atoms with Gasteiger partial charge in [-0.05, 0) is 41.5 Å². The van der Waals surface area contributed by atoms with Gasteiger partial charge in [0, 0.05) is 33.7 Å². The van der Waals surface area contributed by atoms with E-state index < -0.39 is 5.41 Å². The van der Waals surface area contributed by atoms with E-state index in [4.69, 9.17) is 0 Å². The first kappa shape index (κ1) is 22.2. The Morgan fingerprint density at radius 1 is 1.16 bits per heavy atom. The Hall–Kier alpha value is -3.03. The maximum atomic E-state index is 13.3. The topological polar surface area (TPSA) is 71.9 Å². The monoisotopic (exact) mass is 464 g/mol. The van der Waals surface area contributed by atoms with Gasteiger partial charge in [0.25, 0.3) is 5.56 Å². The van der Waals surface area contributed by atoms with Crippen LogP contribution in [0.1, 0.15) is 42.4 Å². The van der Waals surface area contributed by atoms with Gasteiger partial charge >= 0.3 is 0 Å².